The van der Waals surface area contributed by atoms with Crippen LogP contribution in [0.5, 0.6) is 0 Å². The first-order chi connectivity index (χ1) is 15.8. The van der Waals surface area contributed by atoms with Gasteiger partial charge in [0.05, 0.1) is 5.92 Å². The summed E-state index contributed by atoms with van der Waals surface area (Å²) >= 11 is 0. The molecule has 0 radical (unpaired) electrons. The molecule has 9 heteroatoms. The van der Waals surface area contributed by atoms with Crippen LogP contribution in [0.25, 0.3) is 11.4 Å². The maximum absolute atomic E-state index is 10.6. The maximum Gasteiger partial charge on any atom is 0.490 e. The molecule has 0 aliphatic carbocycles. The van der Waals surface area contributed by atoms with E-state index in [1.165, 1.54) is 56.9 Å². The first-order valence-electron chi connectivity index (χ1n) is 11.7. The molecular formula is C24H34F3N3O3. The topological polar surface area (TPSA) is 88.3 Å². The Balaban J connectivity index is 0.000000479. The Hall–Kier alpha value is -2.42. The number of benzene rings is 1. The van der Waals surface area contributed by atoms with Gasteiger partial charge in [0.1, 0.15) is 0 Å². The van der Waals surface area contributed by atoms with Crippen molar-refractivity contribution in [2.45, 2.75) is 83.2 Å². The number of alkyl halides is 3. The van der Waals surface area contributed by atoms with Crippen molar-refractivity contribution in [3.8, 4) is 11.4 Å². The predicted molar refractivity (Wildman–Crippen MR) is 120 cm³/mol. The summed E-state index contributed by atoms with van der Waals surface area (Å²) in [6.45, 7) is 4.26. The molecule has 0 bridgehead atoms. The summed E-state index contributed by atoms with van der Waals surface area (Å²) in [6.07, 6.45) is 8.02. The van der Waals surface area contributed by atoms with E-state index in [1.54, 1.807) is 0 Å². The van der Waals surface area contributed by atoms with E-state index in [9.17, 15) is 13.2 Å². The van der Waals surface area contributed by atoms with Gasteiger partial charge < -0.3 is 14.9 Å². The van der Waals surface area contributed by atoms with Gasteiger partial charge in [0, 0.05) is 12.1 Å². The quantitative estimate of drug-likeness (QED) is 0.385. The fraction of sp³-hybridized carbons (Fsp3) is 0.625. The van der Waals surface area contributed by atoms with E-state index in [0.717, 1.165) is 43.2 Å². The van der Waals surface area contributed by atoms with Gasteiger partial charge in [-0.05, 0) is 37.4 Å². The maximum atomic E-state index is 10.6. The second-order valence-electron chi connectivity index (χ2n) is 8.37. The Labute approximate surface area is 193 Å². The minimum atomic E-state index is -5.08. The van der Waals surface area contributed by atoms with Crippen molar-refractivity contribution in [1.82, 2.24) is 15.5 Å². The molecule has 3 rings (SSSR count). The van der Waals surface area contributed by atoms with Crippen LogP contribution in [0.2, 0.25) is 0 Å². The second kappa shape index (κ2) is 14.0. The number of aromatic nitrogens is 2. The van der Waals surface area contributed by atoms with Crippen molar-refractivity contribution in [1.29, 1.82) is 0 Å². The van der Waals surface area contributed by atoms with E-state index < -0.39 is 12.1 Å². The van der Waals surface area contributed by atoms with E-state index in [1.807, 2.05) is 0 Å². The van der Waals surface area contributed by atoms with E-state index in [-0.39, 0.29) is 0 Å². The normalized spacial score (nSPS) is 15.8. The Morgan fingerprint density at radius 2 is 1.82 bits per heavy atom. The van der Waals surface area contributed by atoms with Crippen LogP contribution in [0.1, 0.15) is 82.1 Å². The minimum absolute atomic E-state index is 0.372. The molecular weight excluding hydrogens is 435 g/mol. The number of unbranched alkanes of at least 4 members (excludes halogenated alkanes) is 7. The van der Waals surface area contributed by atoms with Crippen molar-refractivity contribution in [3.63, 3.8) is 0 Å². The lowest BCUT2D eigenvalue weighted by Crippen LogP contribution is -2.21. The number of halogens is 3. The lowest BCUT2D eigenvalue weighted by Gasteiger charge is -2.04. The number of nitrogens with one attached hydrogen (secondary N) is 1. The summed E-state index contributed by atoms with van der Waals surface area (Å²) in [5.41, 5.74) is 2.45. The molecule has 0 spiro atoms. The molecule has 0 unspecified atom stereocenters. The highest BCUT2D eigenvalue weighted by atomic mass is 19.4. The number of carbonyl (C=O) groups is 1. The van der Waals surface area contributed by atoms with E-state index >= 15 is 0 Å². The third-order valence-corrected chi connectivity index (χ3v) is 5.60. The monoisotopic (exact) mass is 469 g/mol. The molecule has 1 aliphatic heterocycles. The van der Waals surface area contributed by atoms with Crippen molar-refractivity contribution in [3.05, 3.63) is 35.7 Å². The Bertz CT molecular complexity index is 834. The van der Waals surface area contributed by atoms with E-state index in [2.05, 4.69) is 46.6 Å². The van der Waals surface area contributed by atoms with Gasteiger partial charge in [-0.1, -0.05) is 75.2 Å². The summed E-state index contributed by atoms with van der Waals surface area (Å²) in [6, 6.07) is 8.64. The highest BCUT2D eigenvalue weighted by Crippen LogP contribution is 2.24. The Kier molecular flexibility index (Phi) is 11.4. The number of carboxylic acid groups (broad SMARTS) is 1. The SMILES string of the molecule is CCCCCCCCCCc1cccc(-c2noc([C@@H]3CCNC3)n2)c1.O=C(O)C(F)(F)F. The van der Waals surface area contributed by atoms with Crippen molar-refractivity contribution in [2.24, 2.45) is 0 Å². The smallest absolute Gasteiger partial charge is 0.475 e. The predicted octanol–water partition coefficient (Wildman–Crippen LogP) is 6.13. The van der Waals surface area contributed by atoms with Gasteiger partial charge in [0.25, 0.3) is 0 Å². The van der Waals surface area contributed by atoms with E-state index in [4.69, 9.17) is 14.4 Å². The van der Waals surface area contributed by atoms with Crippen LogP contribution in [-0.4, -0.2) is 40.5 Å². The van der Waals surface area contributed by atoms with Gasteiger partial charge in [-0.3, -0.25) is 0 Å². The molecule has 1 aliphatic rings. The zero-order valence-corrected chi connectivity index (χ0v) is 19.2. The number of rotatable bonds is 11. The van der Waals surface area contributed by atoms with Gasteiger partial charge in [-0.25, -0.2) is 4.79 Å². The molecule has 6 nitrogen and oxygen atoms in total. The molecule has 1 fully saturated rings. The minimum Gasteiger partial charge on any atom is -0.475 e. The number of hydrogen-bond acceptors (Lipinski definition) is 5. The van der Waals surface area contributed by atoms with Crippen LogP contribution in [-0.2, 0) is 11.2 Å². The van der Waals surface area contributed by atoms with Crippen molar-refractivity contribution in [2.75, 3.05) is 13.1 Å². The Morgan fingerprint density at radius 3 is 2.42 bits per heavy atom. The highest BCUT2D eigenvalue weighted by molar-refractivity contribution is 5.73. The standard InChI is InChI=1S/C22H33N3O.C2HF3O2/c1-2-3-4-5-6-7-8-9-11-18-12-10-13-19(16-18)21-24-22(26-25-21)20-14-15-23-17-20;3-2(4,5)1(6)7/h10,12-13,16,20,23H,2-9,11,14-15,17H2,1H3;(H,6,7)/t20-;/m1./s1. The molecule has 1 atom stereocenters. The average Bonchev–Trinajstić information content (AvgIpc) is 3.48. The first kappa shape index (κ1) is 26.8. The molecule has 33 heavy (non-hydrogen) atoms. The number of aliphatic carboxylic acids is 1. The molecule has 0 amide bonds. The molecule has 0 saturated carbocycles. The third-order valence-electron chi connectivity index (χ3n) is 5.60. The molecule has 2 heterocycles. The summed E-state index contributed by atoms with van der Waals surface area (Å²) in [5.74, 6) is -0.882. The van der Waals surface area contributed by atoms with Crippen LogP contribution in [0, 0.1) is 0 Å². The fourth-order valence-electron chi connectivity index (χ4n) is 3.71. The van der Waals surface area contributed by atoms with Crippen LogP contribution in [0.3, 0.4) is 0 Å². The van der Waals surface area contributed by atoms with Crippen molar-refractivity contribution >= 4 is 5.97 Å². The number of nitrogens with zero attached hydrogens (tertiary/aromatic N) is 2. The lowest BCUT2D eigenvalue weighted by molar-refractivity contribution is -0.192. The second-order valence-corrected chi connectivity index (χ2v) is 8.37. The van der Waals surface area contributed by atoms with Gasteiger partial charge in [-0.2, -0.15) is 18.2 Å². The van der Waals surface area contributed by atoms with Gasteiger partial charge in [0.2, 0.25) is 11.7 Å². The summed E-state index contributed by atoms with van der Waals surface area (Å²) in [4.78, 5) is 13.5. The zero-order chi connectivity index (χ0) is 24.1. The molecule has 184 valence electrons. The van der Waals surface area contributed by atoms with Crippen LogP contribution in [0.4, 0.5) is 13.2 Å². The van der Waals surface area contributed by atoms with Gasteiger partial charge in [-0.15, -0.1) is 0 Å². The zero-order valence-electron chi connectivity index (χ0n) is 19.2. The molecule has 2 aromatic rings. The highest BCUT2D eigenvalue weighted by Gasteiger charge is 2.38. The molecule has 1 saturated heterocycles. The molecule has 1 aromatic heterocycles. The van der Waals surface area contributed by atoms with Crippen LogP contribution < -0.4 is 5.32 Å². The fourth-order valence-corrected chi connectivity index (χ4v) is 3.71. The third kappa shape index (κ3) is 9.94. The number of aryl methyl sites for hydroxylation is 1. The average molecular weight is 470 g/mol. The molecule has 2 N–H and O–H groups in total. The van der Waals surface area contributed by atoms with Crippen molar-refractivity contribution < 1.29 is 27.6 Å². The number of carboxylic acids is 1. The largest absolute Gasteiger partial charge is 0.490 e. The summed E-state index contributed by atoms with van der Waals surface area (Å²) in [5, 5.41) is 14.7. The Morgan fingerprint density at radius 1 is 1.15 bits per heavy atom. The summed E-state index contributed by atoms with van der Waals surface area (Å²) < 4.78 is 37.2. The lowest BCUT2D eigenvalue weighted by atomic mass is 10.0. The molecule has 1 aromatic carbocycles. The number of hydrogen-bond donors (Lipinski definition) is 2. The summed E-state index contributed by atoms with van der Waals surface area (Å²) in [7, 11) is 0. The van der Waals surface area contributed by atoms with Crippen LogP contribution in [0.15, 0.2) is 28.8 Å². The first-order valence-corrected chi connectivity index (χ1v) is 11.7. The van der Waals surface area contributed by atoms with Crippen LogP contribution >= 0.6 is 0 Å². The van der Waals surface area contributed by atoms with Gasteiger partial charge >= 0.3 is 12.1 Å². The van der Waals surface area contributed by atoms with E-state index in [0.29, 0.717) is 5.92 Å². The van der Waals surface area contributed by atoms with Gasteiger partial charge in [0.15, 0.2) is 0 Å².